The van der Waals surface area contributed by atoms with Gasteiger partial charge in [-0.15, -0.1) is 0 Å². The number of halogens is 1. The van der Waals surface area contributed by atoms with Gasteiger partial charge in [0, 0.05) is 19.1 Å². The van der Waals surface area contributed by atoms with Crippen LogP contribution in [0.4, 0.5) is 0 Å². The number of nitrogens with zero attached hydrogens (tertiary/aromatic N) is 1. The van der Waals surface area contributed by atoms with Crippen molar-refractivity contribution in [2.75, 3.05) is 13.7 Å². The van der Waals surface area contributed by atoms with E-state index in [4.69, 9.17) is 10.5 Å². The summed E-state index contributed by atoms with van der Waals surface area (Å²) < 4.78 is 6.48. The van der Waals surface area contributed by atoms with Gasteiger partial charge in [-0.3, -0.25) is 4.79 Å². The fraction of sp³-hybridized carbons (Fsp3) is 0.562. The number of rotatable bonds is 7. The van der Waals surface area contributed by atoms with Gasteiger partial charge in [0.2, 0.25) is 0 Å². The second-order valence-corrected chi connectivity index (χ2v) is 6.52. The summed E-state index contributed by atoms with van der Waals surface area (Å²) in [6, 6.07) is 6.51. The largest absolute Gasteiger partial charge is 0.483 e. The fourth-order valence-corrected chi connectivity index (χ4v) is 2.68. The summed E-state index contributed by atoms with van der Waals surface area (Å²) in [5.74, 6) is 0.725. The van der Waals surface area contributed by atoms with Crippen molar-refractivity contribution in [2.45, 2.75) is 44.7 Å². The molecule has 4 nitrogen and oxygen atoms in total. The molecular formula is C16H23BrN2O2. The number of nitrogens with two attached hydrogens (primary N) is 1. The highest BCUT2D eigenvalue weighted by Crippen LogP contribution is 2.28. The lowest BCUT2D eigenvalue weighted by atomic mass is 10.0. The van der Waals surface area contributed by atoms with E-state index in [-0.39, 0.29) is 18.6 Å². The monoisotopic (exact) mass is 354 g/mol. The zero-order valence-corrected chi connectivity index (χ0v) is 14.2. The molecule has 1 amide bonds. The Morgan fingerprint density at radius 1 is 1.52 bits per heavy atom. The van der Waals surface area contributed by atoms with Gasteiger partial charge in [0.05, 0.1) is 4.47 Å². The van der Waals surface area contributed by atoms with Crippen LogP contribution in [0.5, 0.6) is 5.75 Å². The maximum atomic E-state index is 11.9. The molecule has 1 aromatic rings. The molecule has 1 unspecified atom stereocenters. The first kappa shape index (κ1) is 16.3. The van der Waals surface area contributed by atoms with E-state index in [1.165, 1.54) is 5.56 Å². The number of ether oxygens (including phenoxy) is 1. The van der Waals surface area contributed by atoms with E-state index >= 15 is 0 Å². The van der Waals surface area contributed by atoms with Crippen LogP contribution in [0.3, 0.4) is 0 Å². The van der Waals surface area contributed by atoms with Crippen LogP contribution < -0.4 is 10.5 Å². The molecule has 5 heteroatoms. The van der Waals surface area contributed by atoms with E-state index in [0.717, 1.165) is 30.2 Å². The van der Waals surface area contributed by atoms with Gasteiger partial charge in [-0.2, -0.15) is 0 Å². The number of carbonyl (C=O) groups excluding carboxylic acids is 1. The molecular weight excluding hydrogens is 332 g/mol. The van der Waals surface area contributed by atoms with Crippen LogP contribution >= 0.6 is 15.9 Å². The summed E-state index contributed by atoms with van der Waals surface area (Å²) in [5.41, 5.74) is 7.13. The molecule has 2 N–H and O–H groups in total. The topological polar surface area (TPSA) is 55.6 Å². The Morgan fingerprint density at radius 3 is 2.81 bits per heavy atom. The van der Waals surface area contributed by atoms with Gasteiger partial charge >= 0.3 is 0 Å². The molecule has 1 aromatic carbocycles. The smallest absolute Gasteiger partial charge is 0.260 e. The predicted molar refractivity (Wildman–Crippen MR) is 87.4 cm³/mol. The van der Waals surface area contributed by atoms with Crippen LogP contribution in [0, 0.1) is 0 Å². The average Bonchev–Trinajstić information content (AvgIpc) is 3.29. The molecule has 1 aliphatic carbocycles. The molecule has 0 saturated heterocycles. The standard InChI is InChI=1S/C16H23BrN2O2/c1-3-12(18)8-11-4-7-15(14(17)9-11)21-10-16(20)19(2)13-5-6-13/h4,7,9,12-13H,3,5-6,8,10,18H2,1-2H3. The molecule has 0 bridgehead atoms. The summed E-state index contributed by atoms with van der Waals surface area (Å²) in [5, 5.41) is 0. The number of benzene rings is 1. The highest BCUT2D eigenvalue weighted by molar-refractivity contribution is 9.10. The van der Waals surface area contributed by atoms with Crippen molar-refractivity contribution >= 4 is 21.8 Å². The minimum atomic E-state index is 0.0291. The molecule has 2 rings (SSSR count). The van der Waals surface area contributed by atoms with Gasteiger partial charge in [0.15, 0.2) is 6.61 Å². The first-order valence-electron chi connectivity index (χ1n) is 7.43. The lowest BCUT2D eigenvalue weighted by Crippen LogP contribution is -2.33. The molecule has 1 fully saturated rings. The van der Waals surface area contributed by atoms with E-state index in [0.29, 0.717) is 11.8 Å². The molecule has 1 aliphatic rings. The number of carbonyl (C=O) groups is 1. The van der Waals surface area contributed by atoms with Gasteiger partial charge in [0.25, 0.3) is 5.91 Å². The first-order chi connectivity index (χ1) is 10.0. The molecule has 0 heterocycles. The third-order valence-corrected chi connectivity index (χ3v) is 4.48. The lowest BCUT2D eigenvalue weighted by Gasteiger charge is -2.17. The number of hydrogen-bond acceptors (Lipinski definition) is 3. The van der Waals surface area contributed by atoms with Gasteiger partial charge in [-0.05, 0) is 59.3 Å². The second kappa shape index (κ2) is 7.27. The summed E-state index contributed by atoms with van der Waals surface area (Å²) >= 11 is 3.50. The third kappa shape index (κ3) is 4.71. The van der Waals surface area contributed by atoms with E-state index in [2.05, 4.69) is 22.9 Å². The summed E-state index contributed by atoms with van der Waals surface area (Å²) in [4.78, 5) is 13.7. The quantitative estimate of drug-likeness (QED) is 0.818. The van der Waals surface area contributed by atoms with Crippen molar-refractivity contribution in [3.63, 3.8) is 0 Å². The van der Waals surface area contributed by atoms with Crippen LogP contribution in [-0.2, 0) is 11.2 Å². The van der Waals surface area contributed by atoms with Crippen molar-refractivity contribution < 1.29 is 9.53 Å². The van der Waals surface area contributed by atoms with E-state index < -0.39 is 0 Å². The zero-order chi connectivity index (χ0) is 15.4. The van der Waals surface area contributed by atoms with Crippen LogP contribution in [0.1, 0.15) is 31.7 Å². The van der Waals surface area contributed by atoms with Crippen LogP contribution in [0.2, 0.25) is 0 Å². The number of likely N-dealkylation sites (N-methyl/N-ethyl adjacent to an activating group) is 1. The normalized spacial score (nSPS) is 15.6. The molecule has 0 aliphatic heterocycles. The maximum absolute atomic E-state index is 11.9. The Bertz CT molecular complexity index is 503. The van der Waals surface area contributed by atoms with Crippen LogP contribution in [0.25, 0.3) is 0 Å². The van der Waals surface area contributed by atoms with Crippen molar-refractivity contribution in [3.05, 3.63) is 28.2 Å². The number of amides is 1. The van der Waals surface area contributed by atoms with Gasteiger partial charge in [-0.25, -0.2) is 0 Å². The van der Waals surface area contributed by atoms with Gasteiger partial charge < -0.3 is 15.4 Å². The molecule has 21 heavy (non-hydrogen) atoms. The molecule has 0 aromatic heterocycles. The Morgan fingerprint density at radius 2 is 2.24 bits per heavy atom. The third-order valence-electron chi connectivity index (χ3n) is 3.86. The summed E-state index contributed by atoms with van der Waals surface area (Å²) in [7, 11) is 1.84. The fourth-order valence-electron chi connectivity index (χ4n) is 2.14. The summed E-state index contributed by atoms with van der Waals surface area (Å²) in [6.07, 6.45) is 4.02. The van der Waals surface area contributed by atoms with Gasteiger partial charge in [-0.1, -0.05) is 13.0 Å². The molecule has 0 spiro atoms. The van der Waals surface area contributed by atoms with Crippen molar-refractivity contribution in [1.29, 1.82) is 0 Å². The minimum absolute atomic E-state index is 0.0291. The van der Waals surface area contributed by atoms with E-state index in [1.54, 1.807) is 4.90 Å². The van der Waals surface area contributed by atoms with E-state index in [9.17, 15) is 4.79 Å². The predicted octanol–water partition coefficient (Wildman–Crippen LogP) is 2.73. The number of hydrogen-bond donors (Lipinski definition) is 1. The Kier molecular flexibility index (Phi) is 5.65. The van der Waals surface area contributed by atoms with Crippen molar-refractivity contribution in [2.24, 2.45) is 5.73 Å². The zero-order valence-electron chi connectivity index (χ0n) is 12.6. The van der Waals surface area contributed by atoms with Gasteiger partial charge in [0.1, 0.15) is 5.75 Å². The molecule has 1 atom stereocenters. The highest BCUT2D eigenvalue weighted by atomic mass is 79.9. The second-order valence-electron chi connectivity index (χ2n) is 5.66. The molecule has 0 radical (unpaired) electrons. The maximum Gasteiger partial charge on any atom is 0.260 e. The Hall–Kier alpha value is -1.07. The molecule has 116 valence electrons. The highest BCUT2D eigenvalue weighted by Gasteiger charge is 2.29. The SMILES string of the molecule is CCC(N)Cc1ccc(OCC(=O)N(C)C2CC2)c(Br)c1. The van der Waals surface area contributed by atoms with E-state index in [1.807, 2.05) is 25.2 Å². The summed E-state index contributed by atoms with van der Waals surface area (Å²) in [6.45, 7) is 2.17. The van der Waals surface area contributed by atoms with Crippen LogP contribution in [-0.4, -0.2) is 36.5 Å². The van der Waals surface area contributed by atoms with Crippen molar-refractivity contribution in [1.82, 2.24) is 4.90 Å². The van der Waals surface area contributed by atoms with Crippen molar-refractivity contribution in [3.8, 4) is 5.75 Å². The lowest BCUT2D eigenvalue weighted by molar-refractivity contribution is -0.132. The first-order valence-corrected chi connectivity index (χ1v) is 8.23. The minimum Gasteiger partial charge on any atom is -0.483 e. The Balaban J connectivity index is 1.89. The Labute approximate surface area is 134 Å². The van der Waals surface area contributed by atoms with Crippen LogP contribution in [0.15, 0.2) is 22.7 Å². The average molecular weight is 355 g/mol. The molecule has 1 saturated carbocycles.